The lowest BCUT2D eigenvalue weighted by Gasteiger charge is -2.45. The van der Waals surface area contributed by atoms with E-state index in [1.54, 1.807) is 29.7 Å². The summed E-state index contributed by atoms with van der Waals surface area (Å²) in [5.74, 6) is -0.0741. The summed E-state index contributed by atoms with van der Waals surface area (Å²) in [4.78, 5) is 39.0. The van der Waals surface area contributed by atoms with Crippen molar-refractivity contribution < 1.29 is 4.79 Å². The minimum atomic E-state index is -0.144. The summed E-state index contributed by atoms with van der Waals surface area (Å²) >= 11 is 0. The van der Waals surface area contributed by atoms with Gasteiger partial charge in [-0.05, 0) is 18.6 Å². The lowest BCUT2D eigenvalue weighted by Crippen LogP contribution is -2.61. The van der Waals surface area contributed by atoms with Gasteiger partial charge in [0.2, 0.25) is 5.91 Å². The van der Waals surface area contributed by atoms with Gasteiger partial charge in [0.1, 0.15) is 5.69 Å². The molecule has 3 heterocycles. The average Bonchev–Trinajstić information content (AvgIpc) is 2.61. The standard InChI is InChI=1S/C18H21N5O2/c1-3-7-23(14-11-22(12-14)17(24)4-2)16-8-13(9-21-18(16)25)15-10-19-5-6-20-15/h4-6,8-10,14H,2-3,7,11-12H2,1H3,(H,21,25). The Morgan fingerprint density at radius 2 is 2.28 bits per heavy atom. The number of hydrogen-bond donors (Lipinski definition) is 1. The third kappa shape index (κ3) is 3.45. The molecule has 0 saturated carbocycles. The number of aromatic nitrogens is 3. The summed E-state index contributed by atoms with van der Waals surface area (Å²) in [6.07, 6.45) is 8.76. The van der Waals surface area contributed by atoms with Crippen LogP contribution in [0.5, 0.6) is 0 Å². The number of aromatic amines is 1. The Morgan fingerprint density at radius 3 is 2.92 bits per heavy atom. The van der Waals surface area contributed by atoms with Crippen LogP contribution in [0.3, 0.4) is 0 Å². The predicted octanol–water partition coefficient (Wildman–Crippen LogP) is 1.45. The van der Waals surface area contributed by atoms with E-state index in [4.69, 9.17) is 0 Å². The van der Waals surface area contributed by atoms with E-state index in [1.807, 2.05) is 6.07 Å². The van der Waals surface area contributed by atoms with Gasteiger partial charge < -0.3 is 14.8 Å². The number of carbonyl (C=O) groups is 1. The lowest BCUT2D eigenvalue weighted by molar-refractivity contribution is -0.130. The Kier molecular flexibility index (Phi) is 4.92. The quantitative estimate of drug-likeness (QED) is 0.806. The number of nitrogens with one attached hydrogen (secondary N) is 1. The maximum atomic E-state index is 12.4. The molecule has 25 heavy (non-hydrogen) atoms. The SMILES string of the molecule is C=CC(=O)N1CC(N(CCC)c2cc(-c3cnccn3)c[nH]c2=O)C1. The van der Waals surface area contributed by atoms with Gasteiger partial charge in [0.05, 0.1) is 17.9 Å². The van der Waals surface area contributed by atoms with Gasteiger partial charge in [-0.25, -0.2) is 0 Å². The second-order valence-corrected chi connectivity index (χ2v) is 5.99. The van der Waals surface area contributed by atoms with Crippen molar-refractivity contribution in [3.63, 3.8) is 0 Å². The number of amides is 1. The summed E-state index contributed by atoms with van der Waals surface area (Å²) < 4.78 is 0. The molecule has 0 unspecified atom stereocenters. The number of anilines is 1. The Bertz CT molecular complexity index is 812. The van der Waals surface area contributed by atoms with E-state index < -0.39 is 0 Å². The van der Waals surface area contributed by atoms with Gasteiger partial charge >= 0.3 is 0 Å². The molecule has 2 aromatic rings. The van der Waals surface area contributed by atoms with E-state index >= 15 is 0 Å². The van der Waals surface area contributed by atoms with Crippen LogP contribution in [0.4, 0.5) is 5.69 Å². The van der Waals surface area contributed by atoms with Crippen LogP contribution in [0.15, 0.2) is 48.3 Å². The van der Waals surface area contributed by atoms with E-state index in [-0.39, 0.29) is 17.5 Å². The number of likely N-dealkylation sites (tertiary alicyclic amines) is 1. The van der Waals surface area contributed by atoms with Crippen LogP contribution >= 0.6 is 0 Å². The number of rotatable bonds is 6. The summed E-state index contributed by atoms with van der Waals surface area (Å²) in [6.45, 7) is 7.52. The number of hydrogen-bond acceptors (Lipinski definition) is 5. The van der Waals surface area contributed by atoms with Crippen molar-refractivity contribution in [3.05, 3.63) is 53.9 Å². The number of nitrogens with zero attached hydrogens (tertiary/aromatic N) is 4. The van der Waals surface area contributed by atoms with Gasteiger partial charge in [-0.3, -0.25) is 19.6 Å². The normalized spacial score (nSPS) is 14.0. The summed E-state index contributed by atoms with van der Waals surface area (Å²) in [5, 5.41) is 0. The second kappa shape index (κ2) is 7.29. The van der Waals surface area contributed by atoms with Gasteiger partial charge in [-0.1, -0.05) is 13.5 Å². The highest BCUT2D eigenvalue weighted by Crippen LogP contribution is 2.24. The van der Waals surface area contributed by atoms with Gasteiger partial charge in [0.15, 0.2) is 0 Å². The first-order valence-corrected chi connectivity index (χ1v) is 8.31. The van der Waals surface area contributed by atoms with Crippen molar-refractivity contribution in [1.82, 2.24) is 19.9 Å². The maximum Gasteiger partial charge on any atom is 0.271 e. The van der Waals surface area contributed by atoms with E-state index in [0.29, 0.717) is 24.5 Å². The van der Waals surface area contributed by atoms with Gasteiger partial charge in [0.25, 0.3) is 5.56 Å². The zero-order chi connectivity index (χ0) is 17.8. The molecule has 0 atom stereocenters. The molecule has 130 valence electrons. The molecule has 0 spiro atoms. The Labute approximate surface area is 146 Å². The first kappa shape index (κ1) is 16.9. The van der Waals surface area contributed by atoms with Crippen LogP contribution in [0.25, 0.3) is 11.3 Å². The van der Waals surface area contributed by atoms with Crippen molar-refractivity contribution >= 4 is 11.6 Å². The highest BCUT2D eigenvalue weighted by atomic mass is 16.2. The highest BCUT2D eigenvalue weighted by molar-refractivity contribution is 5.87. The van der Waals surface area contributed by atoms with Crippen molar-refractivity contribution in [2.45, 2.75) is 19.4 Å². The van der Waals surface area contributed by atoms with E-state index in [0.717, 1.165) is 18.5 Å². The van der Waals surface area contributed by atoms with Crippen molar-refractivity contribution in [3.8, 4) is 11.3 Å². The molecule has 7 heteroatoms. The van der Waals surface area contributed by atoms with Crippen LogP contribution < -0.4 is 10.5 Å². The van der Waals surface area contributed by atoms with Crippen LogP contribution in [0, 0.1) is 0 Å². The van der Waals surface area contributed by atoms with Crippen molar-refractivity contribution in [2.75, 3.05) is 24.5 Å². The molecule has 1 amide bonds. The summed E-state index contributed by atoms with van der Waals surface area (Å²) in [5.41, 5.74) is 1.96. The molecule has 7 nitrogen and oxygen atoms in total. The molecule has 1 aliphatic rings. The summed E-state index contributed by atoms with van der Waals surface area (Å²) in [6, 6.07) is 1.97. The molecule has 0 aliphatic carbocycles. The van der Waals surface area contributed by atoms with E-state index in [9.17, 15) is 9.59 Å². The van der Waals surface area contributed by atoms with Crippen LogP contribution in [-0.4, -0.2) is 51.4 Å². The lowest BCUT2D eigenvalue weighted by atomic mass is 10.0. The minimum Gasteiger partial charge on any atom is -0.361 e. The number of carbonyl (C=O) groups excluding carboxylic acids is 1. The molecule has 1 aliphatic heterocycles. The fourth-order valence-corrected chi connectivity index (χ4v) is 2.98. The zero-order valence-corrected chi connectivity index (χ0v) is 14.2. The second-order valence-electron chi connectivity index (χ2n) is 5.99. The average molecular weight is 339 g/mol. The Balaban J connectivity index is 1.88. The zero-order valence-electron chi connectivity index (χ0n) is 14.2. The molecule has 1 N–H and O–H groups in total. The molecule has 1 fully saturated rings. The van der Waals surface area contributed by atoms with Crippen LogP contribution in [0.1, 0.15) is 13.3 Å². The predicted molar refractivity (Wildman–Crippen MR) is 96.3 cm³/mol. The molecular weight excluding hydrogens is 318 g/mol. The Hall–Kier alpha value is -2.96. The van der Waals surface area contributed by atoms with E-state index in [1.165, 1.54) is 6.08 Å². The molecule has 0 bridgehead atoms. The third-order valence-corrected chi connectivity index (χ3v) is 4.31. The first-order valence-electron chi connectivity index (χ1n) is 8.31. The number of pyridine rings is 1. The monoisotopic (exact) mass is 339 g/mol. The van der Waals surface area contributed by atoms with Crippen molar-refractivity contribution in [1.29, 1.82) is 0 Å². The highest BCUT2D eigenvalue weighted by Gasteiger charge is 2.34. The van der Waals surface area contributed by atoms with Gasteiger partial charge in [-0.15, -0.1) is 0 Å². The first-order chi connectivity index (χ1) is 12.1. The topological polar surface area (TPSA) is 82.2 Å². The van der Waals surface area contributed by atoms with Gasteiger partial charge in [0, 0.05) is 43.8 Å². The molecule has 0 radical (unpaired) electrons. The molecule has 0 aromatic carbocycles. The molecule has 1 saturated heterocycles. The molecule has 3 rings (SSSR count). The van der Waals surface area contributed by atoms with Crippen molar-refractivity contribution in [2.24, 2.45) is 0 Å². The third-order valence-electron chi connectivity index (χ3n) is 4.31. The molecule has 2 aromatic heterocycles. The van der Waals surface area contributed by atoms with Crippen LogP contribution in [0.2, 0.25) is 0 Å². The minimum absolute atomic E-state index is 0.0741. The van der Waals surface area contributed by atoms with E-state index in [2.05, 4.69) is 33.4 Å². The smallest absolute Gasteiger partial charge is 0.271 e. The summed E-state index contributed by atoms with van der Waals surface area (Å²) in [7, 11) is 0. The fourth-order valence-electron chi connectivity index (χ4n) is 2.98. The van der Waals surface area contributed by atoms with Crippen LogP contribution in [-0.2, 0) is 4.79 Å². The largest absolute Gasteiger partial charge is 0.361 e. The fraction of sp³-hybridized carbons (Fsp3) is 0.333. The number of H-pyrrole nitrogens is 1. The van der Waals surface area contributed by atoms with Gasteiger partial charge in [-0.2, -0.15) is 0 Å². The Morgan fingerprint density at radius 1 is 1.48 bits per heavy atom. The maximum absolute atomic E-state index is 12.4. The molecular formula is C18H21N5O2.